The maximum absolute atomic E-state index is 11.5. The standard InChI is InChI=1S/C10H16O2/c1-5-6-4-7(10(6,2)3)9(12)8(5)11/h5-8,11H,4H2,1-3H3/t5-,6-,7+,8-/m0/s1. The molecule has 4 atom stereocenters. The van der Waals surface area contributed by atoms with E-state index in [1.165, 1.54) is 0 Å². The van der Waals surface area contributed by atoms with Gasteiger partial charge in [0.1, 0.15) is 6.10 Å². The van der Waals surface area contributed by atoms with Crippen molar-refractivity contribution in [2.45, 2.75) is 33.3 Å². The van der Waals surface area contributed by atoms with E-state index in [4.69, 9.17) is 0 Å². The first-order valence-corrected chi connectivity index (χ1v) is 4.68. The van der Waals surface area contributed by atoms with Crippen molar-refractivity contribution in [2.75, 3.05) is 0 Å². The lowest BCUT2D eigenvalue weighted by atomic mass is 9.45. The third kappa shape index (κ3) is 0.717. The van der Waals surface area contributed by atoms with Crippen molar-refractivity contribution in [1.29, 1.82) is 0 Å². The molecule has 0 amide bonds. The molecule has 12 heavy (non-hydrogen) atoms. The van der Waals surface area contributed by atoms with E-state index in [9.17, 15) is 9.90 Å². The molecule has 0 aliphatic heterocycles. The molecule has 68 valence electrons. The van der Waals surface area contributed by atoms with E-state index in [1.54, 1.807) is 0 Å². The third-order valence-corrected chi connectivity index (χ3v) is 4.11. The molecule has 3 rings (SSSR count). The second-order valence-electron chi connectivity index (χ2n) is 4.92. The summed E-state index contributed by atoms with van der Waals surface area (Å²) in [7, 11) is 0. The zero-order valence-corrected chi connectivity index (χ0v) is 7.87. The summed E-state index contributed by atoms with van der Waals surface area (Å²) in [5.41, 5.74) is 0.149. The highest BCUT2D eigenvalue weighted by Gasteiger charge is 2.60. The van der Waals surface area contributed by atoms with Crippen molar-refractivity contribution < 1.29 is 9.90 Å². The van der Waals surface area contributed by atoms with Gasteiger partial charge in [0.05, 0.1) is 0 Å². The molecular weight excluding hydrogens is 152 g/mol. The molecule has 3 aliphatic carbocycles. The van der Waals surface area contributed by atoms with Crippen LogP contribution in [0.5, 0.6) is 0 Å². The van der Waals surface area contributed by atoms with Gasteiger partial charge in [0.25, 0.3) is 0 Å². The molecule has 0 aromatic heterocycles. The molecule has 3 aliphatic rings. The minimum absolute atomic E-state index is 0.0787. The fourth-order valence-corrected chi connectivity index (χ4v) is 3.02. The van der Waals surface area contributed by atoms with Gasteiger partial charge in [0.2, 0.25) is 0 Å². The minimum Gasteiger partial charge on any atom is -0.385 e. The van der Waals surface area contributed by atoms with Crippen LogP contribution in [0.1, 0.15) is 27.2 Å². The van der Waals surface area contributed by atoms with Gasteiger partial charge in [-0.15, -0.1) is 0 Å². The lowest BCUT2D eigenvalue weighted by Gasteiger charge is -2.59. The van der Waals surface area contributed by atoms with Crippen LogP contribution in [0.4, 0.5) is 0 Å². The van der Waals surface area contributed by atoms with Crippen LogP contribution in [0, 0.1) is 23.2 Å². The van der Waals surface area contributed by atoms with E-state index < -0.39 is 6.10 Å². The molecule has 2 heteroatoms. The first-order chi connectivity index (χ1) is 5.46. The number of carbonyl (C=O) groups is 1. The summed E-state index contributed by atoms with van der Waals surface area (Å²) in [6.45, 7) is 6.28. The molecule has 0 radical (unpaired) electrons. The Kier molecular flexibility index (Phi) is 1.45. The Balaban J connectivity index is 2.30. The Morgan fingerprint density at radius 1 is 1.50 bits per heavy atom. The van der Waals surface area contributed by atoms with Gasteiger partial charge in [0, 0.05) is 5.92 Å². The van der Waals surface area contributed by atoms with Gasteiger partial charge >= 0.3 is 0 Å². The highest BCUT2D eigenvalue weighted by molar-refractivity contribution is 5.88. The molecule has 0 unspecified atom stereocenters. The topological polar surface area (TPSA) is 37.3 Å². The number of rotatable bonds is 0. The predicted molar refractivity (Wildman–Crippen MR) is 45.6 cm³/mol. The van der Waals surface area contributed by atoms with Crippen LogP contribution in [-0.4, -0.2) is 17.0 Å². The number of hydrogen-bond donors (Lipinski definition) is 1. The molecule has 1 N–H and O–H groups in total. The van der Waals surface area contributed by atoms with Crippen molar-refractivity contribution in [1.82, 2.24) is 0 Å². The Bertz CT molecular complexity index is 232. The smallest absolute Gasteiger partial charge is 0.165 e. The maximum atomic E-state index is 11.5. The van der Waals surface area contributed by atoms with Gasteiger partial charge in [-0.3, -0.25) is 4.79 Å². The van der Waals surface area contributed by atoms with Gasteiger partial charge in [-0.05, 0) is 23.7 Å². The molecular formula is C10H16O2. The summed E-state index contributed by atoms with van der Waals surface area (Å²) in [6, 6.07) is 0. The number of ketones is 1. The summed E-state index contributed by atoms with van der Waals surface area (Å²) in [4.78, 5) is 11.5. The second-order valence-corrected chi connectivity index (χ2v) is 4.92. The highest BCUT2D eigenvalue weighted by Crippen LogP contribution is 2.59. The summed E-state index contributed by atoms with van der Waals surface area (Å²) >= 11 is 0. The van der Waals surface area contributed by atoms with Crippen molar-refractivity contribution in [3.8, 4) is 0 Å². The zero-order chi connectivity index (χ0) is 9.09. The molecule has 2 bridgehead atoms. The monoisotopic (exact) mass is 168 g/mol. The van der Waals surface area contributed by atoms with Crippen LogP contribution >= 0.6 is 0 Å². The Morgan fingerprint density at radius 2 is 2.08 bits per heavy atom. The summed E-state index contributed by atoms with van der Waals surface area (Å²) in [6.07, 6.45) is 0.325. The number of fused-ring (bicyclic) bond motifs is 2. The van der Waals surface area contributed by atoms with Gasteiger partial charge in [-0.2, -0.15) is 0 Å². The average molecular weight is 168 g/mol. The van der Waals surface area contributed by atoms with Gasteiger partial charge < -0.3 is 5.11 Å². The SMILES string of the molecule is C[C@@H]1[C@H](O)C(=O)[C@H]2C[C@@H]1C2(C)C. The number of aliphatic hydroxyl groups is 1. The number of aliphatic hydroxyl groups excluding tert-OH is 1. The first kappa shape index (κ1) is 8.24. The molecule has 0 aromatic carbocycles. The van der Waals surface area contributed by atoms with Crippen molar-refractivity contribution in [3.63, 3.8) is 0 Å². The number of Topliss-reactive ketones (excluding diaryl/α,β-unsaturated/α-hetero) is 1. The normalized spacial score (nSPS) is 50.2. The van der Waals surface area contributed by atoms with Crippen molar-refractivity contribution in [3.05, 3.63) is 0 Å². The molecule has 0 saturated heterocycles. The number of hydrogen-bond acceptors (Lipinski definition) is 2. The average Bonchev–Trinajstić information content (AvgIpc) is 1.98. The zero-order valence-electron chi connectivity index (χ0n) is 7.87. The highest BCUT2D eigenvalue weighted by atomic mass is 16.3. The van der Waals surface area contributed by atoms with E-state index in [0.717, 1.165) is 6.42 Å². The first-order valence-electron chi connectivity index (χ1n) is 4.68. The van der Waals surface area contributed by atoms with Crippen LogP contribution in [0.3, 0.4) is 0 Å². The van der Waals surface area contributed by atoms with Crippen LogP contribution in [0.15, 0.2) is 0 Å². The largest absolute Gasteiger partial charge is 0.385 e. The van der Waals surface area contributed by atoms with E-state index in [2.05, 4.69) is 13.8 Å². The third-order valence-electron chi connectivity index (χ3n) is 4.11. The van der Waals surface area contributed by atoms with E-state index in [-0.39, 0.29) is 23.0 Å². The lowest BCUT2D eigenvalue weighted by Crippen LogP contribution is -2.62. The molecule has 3 saturated carbocycles. The van der Waals surface area contributed by atoms with Crippen LogP contribution in [-0.2, 0) is 4.79 Å². The fraction of sp³-hybridized carbons (Fsp3) is 0.900. The summed E-state index contributed by atoms with van der Waals surface area (Å²) in [5, 5.41) is 9.53. The van der Waals surface area contributed by atoms with Gasteiger partial charge in [0.15, 0.2) is 5.78 Å². The second kappa shape index (κ2) is 2.11. The molecule has 0 heterocycles. The van der Waals surface area contributed by atoms with Crippen LogP contribution < -0.4 is 0 Å². The van der Waals surface area contributed by atoms with Crippen molar-refractivity contribution >= 4 is 5.78 Å². The molecule has 0 aromatic rings. The summed E-state index contributed by atoms with van der Waals surface area (Å²) < 4.78 is 0. The van der Waals surface area contributed by atoms with Crippen molar-refractivity contribution in [2.24, 2.45) is 23.2 Å². The molecule has 3 fully saturated rings. The predicted octanol–water partition coefficient (Wildman–Crippen LogP) is 1.23. The van der Waals surface area contributed by atoms with Crippen LogP contribution in [0.25, 0.3) is 0 Å². The Hall–Kier alpha value is -0.370. The fourth-order valence-electron chi connectivity index (χ4n) is 3.02. The molecule has 0 spiro atoms. The quantitative estimate of drug-likeness (QED) is 0.590. The Morgan fingerprint density at radius 3 is 2.50 bits per heavy atom. The van der Waals surface area contributed by atoms with E-state index >= 15 is 0 Å². The lowest BCUT2D eigenvalue weighted by molar-refractivity contribution is -0.177. The molecule has 2 nitrogen and oxygen atoms in total. The Labute approximate surface area is 73.0 Å². The van der Waals surface area contributed by atoms with Crippen LogP contribution in [0.2, 0.25) is 0 Å². The maximum Gasteiger partial charge on any atom is 0.165 e. The summed E-state index contributed by atoms with van der Waals surface area (Å²) in [5.74, 6) is 0.927. The van der Waals surface area contributed by atoms with Gasteiger partial charge in [-0.25, -0.2) is 0 Å². The van der Waals surface area contributed by atoms with E-state index in [1.807, 2.05) is 6.92 Å². The number of carbonyl (C=O) groups excluding carboxylic acids is 1. The van der Waals surface area contributed by atoms with Gasteiger partial charge in [-0.1, -0.05) is 20.8 Å². The minimum atomic E-state index is -0.679. The van der Waals surface area contributed by atoms with E-state index in [0.29, 0.717) is 5.92 Å².